The summed E-state index contributed by atoms with van der Waals surface area (Å²) < 4.78 is 5.79. The molecule has 1 heterocycles. The summed E-state index contributed by atoms with van der Waals surface area (Å²) in [6.07, 6.45) is 14.0. The first-order valence-electron chi connectivity index (χ1n) is 11.2. The van der Waals surface area contributed by atoms with E-state index < -0.39 is 0 Å². The number of hydrogen-bond acceptors (Lipinski definition) is 3. The quantitative estimate of drug-likeness (QED) is 0.707. The fourth-order valence-corrected chi connectivity index (χ4v) is 4.59. The largest absolute Gasteiger partial charge is 0.507 e. The van der Waals surface area contributed by atoms with Gasteiger partial charge in [-0.1, -0.05) is 62.8 Å². The van der Waals surface area contributed by atoms with Gasteiger partial charge in [-0.25, -0.2) is 4.79 Å². The number of fused-ring (bicyclic) bond motifs is 1. The molecular weight excluding hydrogens is 348 g/mol. The molecule has 1 N–H and O–H groups in total. The van der Waals surface area contributed by atoms with Crippen LogP contribution in [-0.2, 0) is 19.3 Å². The normalized spacial score (nSPS) is 18.7. The van der Waals surface area contributed by atoms with E-state index in [0.29, 0.717) is 17.9 Å². The first-order chi connectivity index (χ1) is 13.7. The Morgan fingerprint density at radius 2 is 1.54 bits per heavy atom. The zero-order valence-electron chi connectivity index (χ0n) is 16.8. The second kappa shape index (κ2) is 8.98. The van der Waals surface area contributed by atoms with Crippen LogP contribution in [0.4, 0.5) is 0 Å². The molecular formula is C25H32O3. The Hall–Kier alpha value is -2.03. The molecule has 2 aliphatic rings. The van der Waals surface area contributed by atoms with Crippen LogP contribution in [0.15, 0.2) is 33.5 Å². The average Bonchev–Trinajstić information content (AvgIpc) is 3.52. The van der Waals surface area contributed by atoms with E-state index in [9.17, 15) is 9.90 Å². The minimum Gasteiger partial charge on any atom is -0.507 e. The summed E-state index contributed by atoms with van der Waals surface area (Å²) >= 11 is 0. The first kappa shape index (κ1) is 19.3. The Morgan fingerprint density at radius 3 is 2.25 bits per heavy atom. The molecule has 0 amide bonds. The molecule has 0 aliphatic heterocycles. The molecule has 150 valence electrons. The zero-order chi connectivity index (χ0) is 19.3. The van der Waals surface area contributed by atoms with Crippen LogP contribution in [0.3, 0.4) is 0 Å². The molecule has 2 aromatic rings. The van der Waals surface area contributed by atoms with Crippen molar-refractivity contribution in [1.82, 2.24) is 0 Å². The van der Waals surface area contributed by atoms with E-state index in [1.165, 1.54) is 56.9 Å². The summed E-state index contributed by atoms with van der Waals surface area (Å²) in [4.78, 5) is 12.8. The van der Waals surface area contributed by atoms with Crippen molar-refractivity contribution in [2.24, 2.45) is 0 Å². The van der Waals surface area contributed by atoms with Crippen LogP contribution >= 0.6 is 0 Å². The van der Waals surface area contributed by atoms with Gasteiger partial charge in [-0.2, -0.15) is 0 Å². The van der Waals surface area contributed by atoms with Gasteiger partial charge in [-0.15, -0.1) is 0 Å². The van der Waals surface area contributed by atoms with E-state index in [-0.39, 0.29) is 11.4 Å². The lowest BCUT2D eigenvalue weighted by atomic mass is 9.94. The third kappa shape index (κ3) is 4.51. The summed E-state index contributed by atoms with van der Waals surface area (Å²) in [6.45, 7) is 0. The van der Waals surface area contributed by atoms with Crippen LogP contribution in [0.25, 0.3) is 0 Å². The van der Waals surface area contributed by atoms with Gasteiger partial charge in [-0.05, 0) is 49.1 Å². The van der Waals surface area contributed by atoms with Gasteiger partial charge < -0.3 is 9.52 Å². The van der Waals surface area contributed by atoms with Crippen LogP contribution in [0.5, 0.6) is 5.75 Å². The number of aromatic hydroxyl groups is 1. The van der Waals surface area contributed by atoms with Gasteiger partial charge in [0, 0.05) is 18.4 Å². The van der Waals surface area contributed by atoms with Gasteiger partial charge in [0.15, 0.2) is 0 Å². The lowest BCUT2D eigenvalue weighted by Gasteiger charge is -2.15. The summed E-state index contributed by atoms with van der Waals surface area (Å²) in [6, 6.07) is 8.34. The van der Waals surface area contributed by atoms with Gasteiger partial charge in [0.05, 0.1) is 5.56 Å². The van der Waals surface area contributed by atoms with E-state index in [1.54, 1.807) is 0 Å². The smallest absolute Gasteiger partial charge is 0.343 e. The van der Waals surface area contributed by atoms with Gasteiger partial charge in [0.2, 0.25) is 0 Å². The van der Waals surface area contributed by atoms with Crippen molar-refractivity contribution in [2.45, 2.75) is 89.4 Å². The Morgan fingerprint density at radius 1 is 0.893 bits per heavy atom. The van der Waals surface area contributed by atoms with Gasteiger partial charge in [0.1, 0.15) is 11.5 Å². The number of aryl methyl sites for hydroxylation is 1. The maximum absolute atomic E-state index is 12.8. The highest BCUT2D eigenvalue weighted by Gasteiger charge is 2.27. The van der Waals surface area contributed by atoms with Crippen LogP contribution in [-0.4, -0.2) is 5.11 Å². The Labute approximate surface area is 167 Å². The molecule has 0 saturated heterocycles. The SMILES string of the molecule is O=c1oc2c(c(O)c1Cc1ccccc1C1CC1)CCCCCCCCCC2. The average molecular weight is 381 g/mol. The van der Waals surface area contributed by atoms with E-state index in [4.69, 9.17) is 4.42 Å². The molecule has 1 saturated carbocycles. The molecule has 28 heavy (non-hydrogen) atoms. The number of benzene rings is 1. The third-order valence-electron chi connectivity index (χ3n) is 6.39. The molecule has 0 spiro atoms. The highest BCUT2D eigenvalue weighted by Crippen LogP contribution is 2.42. The van der Waals surface area contributed by atoms with E-state index in [1.807, 2.05) is 6.07 Å². The van der Waals surface area contributed by atoms with E-state index in [0.717, 1.165) is 42.6 Å². The predicted octanol–water partition coefficient (Wildman–Crippen LogP) is 6.03. The maximum atomic E-state index is 12.8. The van der Waals surface area contributed by atoms with Crippen molar-refractivity contribution >= 4 is 0 Å². The van der Waals surface area contributed by atoms with Gasteiger partial charge in [-0.3, -0.25) is 0 Å². The Kier molecular flexibility index (Phi) is 6.19. The van der Waals surface area contributed by atoms with Crippen LogP contribution in [0, 0.1) is 0 Å². The first-order valence-corrected chi connectivity index (χ1v) is 11.2. The summed E-state index contributed by atoms with van der Waals surface area (Å²) in [5, 5.41) is 11.1. The van der Waals surface area contributed by atoms with Crippen molar-refractivity contribution in [3.05, 3.63) is 62.7 Å². The highest BCUT2D eigenvalue weighted by atomic mass is 16.4. The maximum Gasteiger partial charge on any atom is 0.343 e. The monoisotopic (exact) mass is 380 g/mol. The summed E-state index contributed by atoms with van der Waals surface area (Å²) in [7, 11) is 0. The minimum absolute atomic E-state index is 0.203. The van der Waals surface area contributed by atoms with Gasteiger partial charge >= 0.3 is 5.63 Å². The molecule has 0 atom stereocenters. The zero-order valence-corrected chi connectivity index (χ0v) is 16.8. The minimum atomic E-state index is -0.353. The van der Waals surface area contributed by atoms with Crippen molar-refractivity contribution in [3.63, 3.8) is 0 Å². The molecule has 1 aromatic carbocycles. The van der Waals surface area contributed by atoms with Crippen molar-refractivity contribution in [2.75, 3.05) is 0 Å². The predicted molar refractivity (Wildman–Crippen MR) is 112 cm³/mol. The molecule has 1 fully saturated rings. The Bertz CT molecular complexity index is 861. The lowest BCUT2D eigenvalue weighted by molar-refractivity contribution is 0.394. The number of rotatable bonds is 3. The third-order valence-corrected chi connectivity index (χ3v) is 6.39. The topological polar surface area (TPSA) is 50.4 Å². The second-order valence-corrected chi connectivity index (χ2v) is 8.60. The molecule has 0 bridgehead atoms. The summed E-state index contributed by atoms with van der Waals surface area (Å²) in [5.74, 6) is 1.55. The van der Waals surface area contributed by atoms with Crippen LogP contribution in [0.1, 0.15) is 98.1 Å². The van der Waals surface area contributed by atoms with Gasteiger partial charge in [0.25, 0.3) is 0 Å². The lowest BCUT2D eigenvalue weighted by Crippen LogP contribution is -2.14. The standard InChI is InChI=1S/C25H32O3/c26-24-21-13-7-5-3-1-2-4-6-8-14-23(21)28-25(27)22(24)17-19-11-9-10-12-20(19)18-15-16-18/h9-12,18,26H,1-8,13-17H2. The highest BCUT2D eigenvalue weighted by molar-refractivity contribution is 5.45. The van der Waals surface area contributed by atoms with Crippen LogP contribution < -0.4 is 5.63 Å². The molecule has 1 aromatic heterocycles. The van der Waals surface area contributed by atoms with E-state index in [2.05, 4.69) is 18.2 Å². The number of hydrogen-bond donors (Lipinski definition) is 1. The molecule has 0 unspecified atom stereocenters. The molecule has 3 nitrogen and oxygen atoms in total. The van der Waals surface area contributed by atoms with E-state index >= 15 is 0 Å². The van der Waals surface area contributed by atoms with Crippen LogP contribution in [0.2, 0.25) is 0 Å². The molecule has 4 rings (SSSR count). The molecule has 2 aliphatic carbocycles. The fourth-order valence-electron chi connectivity index (χ4n) is 4.59. The summed E-state index contributed by atoms with van der Waals surface area (Å²) in [5.41, 5.74) is 3.46. The van der Waals surface area contributed by atoms with Crippen molar-refractivity contribution < 1.29 is 9.52 Å². The molecule has 0 radical (unpaired) electrons. The van der Waals surface area contributed by atoms with Crippen molar-refractivity contribution in [3.8, 4) is 5.75 Å². The Balaban J connectivity index is 1.65. The fraction of sp³-hybridized carbons (Fsp3) is 0.560. The van der Waals surface area contributed by atoms with Crippen molar-refractivity contribution in [1.29, 1.82) is 0 Å². The second-order valence-electron chi connectivity index (χ2n) is 8.60. The molecule has 3 heteroatoms.